The van der Waals surface area contributed by atoms with Crippen molar-refractivity contribution in [2.24, 2.45) is 4.99 Å². The minimum atomic E-state index is 0.641. The molecule has 5 nitrogen and oxygen atoms in total. The zero-order valence-electron chi connectivity index (χ0n) is 8.62. The fourth-order valence-electron chi connectivity index (χ4n) is 1.16. The molecule has 0 amide bonds. The standard InChI is InChI=1S/C10H11N5/c1-15(2)7-14-10-8-4-3-5-11-9(8)12-6-13-10/h3-7H,1-2H3. The monoisotopic (exact) mass is 201 g/mol. The predicted molar refractivity (Wildman–Crippen MR) is 59.2 cm³/mol. The van der Waals surface area contributed by atoms with Gasteiger partial charge < -0.3 is 4.90 Å². The van der Waals surface area contributed by atoms with Crippen molar-refractivity contribution in [1.82, 2.24) is 19.9 Å². The second-order valence-electron chi connectivity index (χ2n) is 3.28. The van der Waals surface area contributed by atoms with Gasteiger partial charge in [0.2, 0.25) is 0 Å². The summed E-state index contributed by atoms with van der Waals surface area (Å²) in [6.45, 7) is 0. The summed E-state index contributed by atoms with van der Waals surface area (Å²) in [5, 5.41) is 0.859. The predicted octanol–water partition coefficient (Wildman–Crippen LogP) is 1.25. The van der Waals surface area contributed by atoms with Crippen LogP contribution in [-0.2, 0) is 0 Å². The largest absolute Gasteiger partial charge is 0.369 e. The lowest BCUT2D eigenvalue weighted by molar-refractivity contribution is 0.643. The third-order valence-corrected chi connectivity index (χ3v) is 1.80. The molecule has 2 rings (SSSR count). The molecule has 0 aliphatic carbocycles. The molecule has 0 unspecified atom stereocenters. The van der Waals surface area contributed by atoms with Crippen molar-refractivity contribution in [3.05, 3.63) is 24.7 Å². The highest BCUT2D eigenvalue weighted by molar-refractivity contribution is 5.85. The molecule has 2 aromatic heterocycles. The average molecular weight is 201 g/mol. The first kappa shape index (κ1) is 9.51. The fourth-order valence-corrected chi connectivity index (χ4v) is 1.16. The quantitative estimate of drug-likeness (QED) is 0.542. The molecule has 0 fully saturated rings. The smallest absolute Gasteiger partial charge is 0.166 e. The third kappa shape index (κ3) is 2.07. The summed E-state index contributed by atoms with van der Waals surface area (Å²) in [6, 6.07) is 3.76. The van der Waals surface area contributed by atoms with Crippen molar-refractivity contribution >= 4 is 23.2 Å². The molecule has 0 bridgehead atoms. The number of hydrogen-bond acceptors (Lipinski definition) is 4. The van der Waals surface area contributed by atoms with Crippen molar-refractivity contribution in [3.63, 3.8) is 0 Å². The Labute approximate surface area is 87.5 Å². The number of rotatable bonds is 2. The Morgan fingerprint density at radius 2 is 2.13 bits per heavy atom. The van der Waals surface area contributed by atoms with Crippen LogP contribution in [0.1, 0.15) is 0 Å². The minimum absolute atomic E-state index is 0.641. The Balaban J connectivity index is 2.51. The molecule has 0 aromatic carbocycles. The van der Waals surface area contributed by atoms with Gasteiger partial charge in [-0.15, -0.1) is 0 Å². The zero-order valence-corrected chi connectivity index (χ0v) is 8.62. The van der Waals surface area contributed by atoms with Crippen LogP contribution in [0.5, 0.6) is 0 Å². The fraction of sp³-hybridized carbons (Fsp3) is 0.200. The maximum Gasteiger partial charge on any atom is 0.166 e. The summed E-state index contributed by atoms with van der Waals surface area (Å²) < 4.78 is 0. The SMILES string of the molecule is CN(C)C=Nc1ncnc2ncccc12. The molecular formula is C10H11N5. The lowest BCUT2D eigenvalue weighted by Gasteiger charge is -2.02. The van der Waals surface area contributed by atoms with Crippen molar-refractivity contribution < 1.29 is 0 Å². The first-order valence-electron chi connectivity index (χ1n) is 4.54. The minimum Gasteiger partial charge on any atom is -0.369 e. The number of aliphatic imine (C=N–C) groups is 1. The van der Waals surface area contributed by atoms with Crippen LogP contribution in [0.15, 0.2) is 29.6 Å². The van der Waals surface area contributed by atoms with E-state index in [0.717, 1.165) is 5.39 Å². The first-order valence-corrected chi connectivity index (χ1v) is 4.54. The van der Waals surface area contributed by atoms with Crippen LogP contribution in [0.25, 0.3) is 11.0 Å². The lowest BCUT2D eigenvalue weighted by Crippen LogP contribution is -2.07. The molecule has 76 valence electrons. The van der Waals surface area contributed by atoms with Crippen LogP contribution in [-0.4, -0.2) is 40.3 Å². The van der Waals surface area contributed by atoms with Crippen LogP contribution in [0.4, 0.5) is 5.82 Å². The van der Waals surface area contributed by atoms with Gasteiger partial charge in [-0.05, 0) is 12.1 Å². The van der Waals surface area contributed by atoms with E-state index in [1.54, 1.807) is 12.5 Å². The third-order valence-electron chi connectivity index (χ3n) is 1.80. The Morgan fingerprint density at radius 1 is 1.27 bits per heavy atom. The van der Waals surface area contributed by atoms with Crippen LogP contribution >= 0.6 is 0 Å². The topological polar surface area (TPSA) is 54.3 Å². The highest BCUT2D eigenvalue weighted by Gasteiger charge is 2.00. The van der Waals surface area contributed by atoms with E-state index in [1.165, 1.54) is 6.33 Å². The van der Waals surface area contributed by atoms with Crippen LogP contribution in [0.3, 0.4) is 0 Å². The lowest BCUT2D eigenvalue weighted by atomic mass is 10.3. The molecular weight excluding hydrogens is 190 g/mol. The molecule has 0 saturated heterocycles. The van der Waals surface area contributed by atoms with Crippen molar-refractivity contribution in [2.75, 3.05) is 14.1 Å². The van der Waals surface area contributed by atoms with E-state index < -0.39 is 0 Å². The number of nitrogens with zero attached hydrogens (tertiary/aromatic N) is 5. The van der Waals surface area contributed by atoms with Crippen LogP contribution < -0.4 is 0 Å². The average Bonchev–Trinajstić information content (AvgIpc) is 2.26. The maximum atomic E-state index is 4.24. The van der Waals surface area contributed by atoms with Gasteiger partial charge in [-0.25, -0.2) is 19.9 Å². The van der Waals surface area contributed by atoms with Gasteiger partial charge >= 0.3 is 0 Å². The van der Waals surface area contributed by atoms with E-state index in [2.05, 4.69) is 19.9 Å². The Bertz CT molecular complexity index is 487. The Kier molecular flexibility index (Phi) is 2.53. The molecule has 0 aliphatic heterocycles. The van der Waals surface area contributed by atoms with Gasteiger partial charge in [0.15, 0.2) is 11.5 Å². The summed E-state index contributed by atoms with van der Waals surface area (Å²) in [4.78, 5) is 18.4. The van der Waals surface area contributed by atoms with E-state index in [1.807, 2.05) is 31.1 Å². The molecule has 2 aromatic rings. The van der Waals surface area contributed by atoms with E-state index in [4.69, 9.17) is 0 Å². The number of aromatic nitrogens is 3. The Morgan fingerprint density at radius 3 is 2.93 bits per heavy atom. The molecule has 0 radical (unpaired) electrons. The second-order valence-corrected chi connectivity index (χ2v) is 3.28. The van der Waals surface area contributed by atoms with E-state index in [-0.39, 0.29) is 0 Å². The summed E-state index contributed by atoms with van der Waals surface area (Å²) in [7, 11) is 3.82. The van der Waals surface area contributed by atoms with Gasteiger partial charge in [0, 0.05) is 20.3 Å². The van der Waals surface area contributed by atoms with Gasteiger partial charge in [-0.3, -0.25) is 0 Å². The van der Waals surface area contributed by atoms with Gasteiger partial charge in [0.25, 0.3) is 0 Å². The van der Waals surface area contributed by atoms with Crippen LogP contribution in [0, 0.1) is 0 Å². The summed E-state index contributed by atoms with van der Waals surface area (Å²) in [5.41, 5.74) is 0.665. The molecule has 0 N–H and O–H groups in total. The van der Waals surface area contributed by atoms with Gasteiger partial charge in [0.1, 0.15) is 6.33 Å². The highest BCUT2D eigenvalue weighted by atomic mass is 15.1. The zero-order chi connectivity index (χ0) is 10.7. The molecule has 5 heteroatoms. The Hall–Kier alpha value is -2.04. The molecule has 0 spiro atoms. The molecule has 0 saturated carbocycles. The molecule has 15 heavy (non-hydrogen) atoms. The molecule has 2 heterocycles. The van der Waals surface area contributed by atoms with Gasteiger partial charge in [-0.2, -0.15) is 0 Å². The second kappa shape index (κ2) is 4.00. The van der Waals surface area contributed by atoms with E-state index >= 15 is 0 Å². The highest BCUT2D eigenvalue weighted by Crippen LogP contribution is 2.18. The normalized spacial score (nSPS) is 11.1. The van der Waals surface area contributed by atoms with Gasteiger partial charge in [-0.1, -0.05) is 0 Å². The first-order chi connectivity index (χ1) is 7.27. The number of hydrogen-bond donors (Lipinski definition) is 0. The summed E-state index contributed by atoms with van der Waals surface area (Å²) in [6.07, 6.45) is 4.88. The maximum absolute atomic E-state index is 4.24. The summed E-state index contributed by atoms with van der Waals surface area (Å²) in [5.74, 6) is 0.641. The van der Waals surface area contributed by atoms with Crippen molar-refractivity contribution in [2.45, 2.75) is 0 Å². The van der Waals surface area contributed by atoms with Crippen molar-refractivity contribution in [1.29, 1.82) is 0 Å². The van der Waals surface area contributed by atoms with Crippen LogP contribution in [0.2, 0.25) is 0 Å². The summed E-state index contributed by atoms with van der Waals surface area (Å²) >= 11 is 0. The van der Waals surface area contributed by atoms with Crippen molar-refractivity contribution in [3.8, 4) is 0 Å². The van der Waals surface area contributed by atoms with E-state index in [0.29, 0.717) is 11.5 Å². The number of fused-ring (bicyclic) bond motifs is 1. The molecule has 0 aliphatic rings. The number of pyridine rings is 1. The van der Waals surface area contributed by atoms with Gasteiger partial charge in [0.05, 0.1) is 11.7 Å². The molecule has 0 atom stereocenters. The van der Waals surface area contributed by atoms with E-state index in [9.17, 15) is 0 Å².